The van der Waals surface area contributed by atoms with Gasteiger partial charge in [0.2, 0.25) is 15.9 Å². The third-order valence-electron chi connectivity index (χ3n) is 4.28. The average molecular weight is 419 g/mol. The minimum atomic E-state index is -3.80. The highest BCUT2D eigenvalue weighted by Crippen LogP contribution is 2.25. The molecule has 29 heavy (non-hydrogen) atoms. The summed E-state index contributed by atoms with van der Waals surface area (Å²) in [5.74, 6) is -1.21. The van der Waals surface area contributed by atoms with E-state index in [4.69, 9.17) is 4.74 Å². The van der Waals surface area contributed by atoms with E-state index in [1.807, 2.05) is 0 Å². The number of phenols is 1. The van der Waals surface area contributed by atoms with Crippen molar-refractivity contribution in [1.29, 1.82) is 0 Å². The van der Waals surface area contributed by atoms with E-state index < -0.39 is 15.9 Å². The van der Waals surface area contributed by atoms with Crippen molar-refractivity contribution >= 4 is 33.2 Å². The molecule has 1 aliphatic rings. The van der Waals surface area contributed by atoms with Gasteiger partial charge in [-0.3, -0.25) is 9.59 Å². The summed E-state index contributed by atoms with van der Waals surface area (Å²) in [7, 11) is -3.80. The number of anilines is 2. The van der Waals surface area contributed by atoms with Gasteiger partial charge in [-0.25, -0.2) is 8.42 Å². The molecule has 1 aliphatic heterocycles. The highest BCUT2D eigenvalue weighted by Gasteiger charge is 2.27. The van der Waals surface area contributed by atoms with Gasteiger partial charge in [-0.15, -0.1) is 0 Å². The van der Waals surface area contributed by atoms with Crippen molar-refractivity contribution in [3.63, 3.8) is 0 Å². The molecule has 3 N–H and O–H groups in total. The summed E-state index contributed by atoms with van der Waals surface area (Å²) >= 11 is 0. The number of hydrogen-bond donors (Lipinski definition) is 3. The molecule has 0 bridgehead atoms. The van der Waals surface area contributed by atoms with Crippen molar-refractivity contribution in [2.75, 3.05) is 36.9 Å². The van der Waals surface area contributed by atoms with Gasteiger partial charge >= 0.3 is 0 Å². The monoisotopic (exact) mass is 419 g/mol. The summed E-state index contributed by atoms with van der Waals surface area (Å²) in [6, 6.07) is 9.97. The van der Waals surface area contributed by atoms with Gasteiger partial charge in [-0.2, -0.15) is 4.31 Å². The van der Waals surface area contributed by atoms with E-state index in [1.54, 1.807) is 24.3 Å². The molecule has 9 nitrogen and oxygen atoms in total. The Labute approximate surface area is 168 Å². The second kappa shape index (κ2) is 8.60. The number of rotatable bonds is 5. The third kappa shape index (κ3) is 4.91. The summed E-state index contributed by atoms with van der Waals surface area (Å²) < 4.78 is 32.0. The quantitative estimate of drug-likeness (QED) is 0.676. The first-order valence-electron chi connectivity index (χ1n) is 8.87. The van der Waals surface area contributed by atoms with Crippen molar-refractivity contribution in [1.82, 2.24) is 4.31 Å². The number of sulfonamides is 1. The first-order valence-corrected chi connectivity index (χ1v) is 10.3. The maximum absolute atomic E-state index is 12.8. The summed E-state index contributed by atoms with van der Waals surface area (Å²) in [4.78, 5) is 23.6. The standard InChI is InChI=1S/C19H21N3O6S/c1-13(23)20-14-2-4-15(5-3-14)21-19(25)17-12-16(6-7-18(17)24)29(26,27)22-8-10-28-11-9-22/h2-7,12,24H,8-11H2,1H3,(H,20,23)(H,21,25). The second-order valence-electron chi connectivity index (χ2n) is 6.41. The van der Waals surface area contributed by atoms with Crippen molar-refractivity contribution < 1.29 is 27.9 Å². The lowest BCUT2D eigenvalue weighted by Gasteiger charge is -2.26. The van der Waals surface area contributed by atoms with Crippen LogP contribution in [0.15, 0.2) is 47.4 Å². The Bertz CT molecular complexity index is 1010. The Kier molecular flexibility index (Phi) is 6.16. The zero-order chi connectivity index (χ0) is 21.0. The van der Waals surface area contributed by atoms with E-state index in [0.717, 1.165) is 6.07 Å². The molecule has 1 heterocycles. The number of aromatic hydroxyl groups is 1. The zero-order valence-corrected chi connectivity index (χ0v) is 16.5. The molecule has 2 amide bonds. The van der Waals surface area contributed by atoms with Crippen LogP contribution in [0.1, 0.15) is 17.3 Å². The van der Waals surface area contributed by atoms with Gasteiger partial charge in [0.25, 0.3) is 5.91 Å². The van der Waals surface area contributed by atoms with Crippen LogP contribution in [0.3, 0.4) is 0 Å². The highest BCUT2D eigenvalue weighted by molar-refractivity contribution is 7.89. The lowest BCUT2D eigenvalue weighted by molar-refractivity contribution is -0.114. The fourth-order valence-electron chi connectivity index (χ4n) is 2.83. The van der Waals surface area contributed by atoms with Crippen LogP contribution >= 0.6 is 0 Å². The first-order chi connectivity index (χ1) is 13.8. The van der Waals surface area contributed by atoms with Crippen LogP contribution in [0.2, 0.25) is 0 Å². The Hall–Kier alpha value is -2.95. The van der Waals surface area contributed by atoms with E-state index in [0.29, 0.717) is 24.6 Å². The number of nitrogens with one attached hydrogen (secondary N) is 2. The van der Waals surface area contributed by atoms with Gasteiger partial charge in [0.15, 0.2) is 0 Å². The number of morpholine rings is 1. The number of ether oxygens (including phenoxy) is 1. The number of benzene rings is 2. The molecule has 0 spiro atoms. The zero-order valence-electron chi connectivity index (χ0n) is 15.7. The molecule has 3 rings (SSSR count). The van der Waals surface area contributed by atoms with Crippen LogP contribution in [-0.2, 0) is 19.6 Å². The van der Waals surface area contributed by atoms with Gasteiger partial charge in [0.1, 0.15) is 5.75 Å². The number of hydrogen-bond acceptors (Lipinski definition) is 6. The Morgan fingerprint density at radius 1 is 1.00 bits per heavy atom. The highest BCUT2D eigenvalue weighted by atomic mass is 32.2. The number of amides is 2. The average Bonchev–Trinajstić information content (AvgIpc) is 2.70. The molecule has 0 saturated carbocycles. The van der Waals surface area contributed by atoms with Crippen molar-refractivity contribution in [3.8, 4) is 5.75 Å². The maximum Gasteiger partial charge on any atom is 0.259 e. The third-order valence-corrected chi connectivity index (χ3v) is 6.18. The number of carbonyl (C=O) groups is 2. The van der Waals surface area contributed by atoms with Crippen LogP contribution in [0, 0.1) is 0 Å². The van der Waals surface area contributed by atoms with Crippen molar-refractivity contribution in [2.24, 2.45) is 0 Å². The molecular formula is C19H21N3O6S. The molecule has 2 aromatic carbocycles. The lowest BCUT2D eigenvalue weighted by Crippen LogP contribution is -2.40. The molecule has 0 atom stereocenters. The minimum Gasteiger partial charge on any atom is -0.507 e. The smallest absolute Gasteiger partial charge is 0.259 e. The van der Waals surface area contributed by atoms with Crippen molar-refractivity contribution in [2.45, 2.75) is 11.8 Å². The van der Waals surface area contributed by atoms with E-state index in [1.165, 1.54) is 23.4 Å². The number of phenolic OH excluding ortho intramolecular Hbond substituents is 1. The molecule has 2 aromatic rings. The van der Waals surface area contributed by atoms with Gasteiger partial charge in [-0.05, 0) is 42.5 Å². The van der Waals surface area contributed by atoms with Crippen molar-refractivity contribution in [3.05, 3.63) is 48.0 Å². The number of carbonyl (C=O) groups excluding carboxylic acids is 2. The summed E-state index contributed by atoms with van der Waals surface area (Å²) in [5, 5.41) is 15.3. The van der Waals surface area contributed by atoms with E-state index in [9.17, 15) is 23.1 Å². The molecule has 10 heteroatoms. The molecular weight excluding hydrogens is 398 g/mol. The van der Waals surface area contributed by atoms with E-state index >= 15 is 0 Å². The Morgan fingerprint density at radius 2 is 1.59 bits per heavy atom. The molecule has 0 radical (unpaired) electrons. The van der Waals surface area contributed by atoms with Crippen LogP contribution in [0.5, 0.6) is 5.75 Å². The predicted molar refractivity (Wildman–Crippen MR) is 106 cm³/mol. The maximum atomic E-state index is 12.8. The van der Waals surface area contributed by atoms with Crippen LogP contribution in [-0.4, -0.2) is 55.9 Å². The molecule has 1 saturated heterocycles. The normalized spacial score (nSPS) is 14.9. The Morgan fingerprint density at radius 3 is 2.17 bits per heavy atom. The SMILES string of the molecule is CC(=O)Nc1ccc(NC(=O)c2cc(S(=O)(=O)N3CCOCC3)ccc2O)cc1. The summed E-state index contributed by atoms with van der Waals surface area (Å²) in [5.41, 5.74) is 0.826. The van der Waals surface area contributed by atoms with Crippen LogP contribution in [0.4, 0.5) is 11.4 Å². The molecule has 154 valence electrons. The van der Waals surface area contributed by atoms with Gasteiger partial charge < -0.3 is 20.5 Å². The molecule has 0 aliphatic carbocycles. The topological polar surface area (TPSA) is 125 Å². The Balaban J connectivity index is 1.80. The summed E-state index contributed by atoms with van der Waals surface area (Å²) in [6.07, 6.45) is 0. The predicted octanol–water partition coefficient (Wildman–Crippen LogP) is 1.62. The summed E-state index contributed by atoms with van der Waals surface area (Å²) in [6.45, 7) is 2.45. The largest absolute Gasteiger partial charge is 0.507 e. The molecule has 1 fully saturated rings. The second-order valence-corrected chi connectivity index (χ2v) is 8.35. The fraction of sp³-hybridized carbons (Fsp3) is 0.263. The lowest BCUT2D eigenvalue weighted by atomic mass is 10.2. The van der Waals surface area contributed by atoms with Gasteiger partial charge in [0, 0.05) is 31.4 Å². The minimum absolute atomic E-state index is 0.0802. The van der Waals surface area contributed by atoms with Gasteiger partial charge in [-0.1, -0.05) is 0 Å². The molecule has 0 aromatic heterocycles. The number of nitrogens with zero attached hydrogens (tertiary/aromatic N) is 1. The van der Waals surface area contributed by atoms with Crippen LogP contribution in [0.25, 0.3) is 0 Å². The van der Waals surface area contributed by atoms with E-state index in [2.05, 4.69) is 10.6 Å². The van der Waals surface area contributed by atoms with E-state index in [-0.39, 0.29) is 35.2 Å². The first kappa shape index (κ1) is 20.8. The van der Waals surface area contributed by atoms with Gasteiger partial charge in [0.05, 0.1) is 23.7 Å². The van der Waals surface area contributed by atoms with Crippen LogP contribution < -0.4 is 10.6 Å². The fourth-order valence-corrected chi connectivity index (χ4v) is 4.27. The molecule has 0 unspecified atom stereocenters.